The summed E-state index contributed by atoms with van der Waals surface area (Å²) in [5, 5.41) is 3.47. The zero-order valence-corrected chi connectivity index (χ0v) is 10.3. The lowest BCUT2D eigenvalue weighted by Crippen LogP contribution is -2.30. The Labute approximate surface area is 97.7 Å². The molecule has 1 aromatic rings. The van der Waals surface area contributed by atoms with E-state index in [1.165, 1.54) is 18.5 Å². The van der Waals surface area contributed by atoms with E-state index in [4.69, 9.17) is 0 Å². The first-order chi connectivity index (χ1) is 7.81. The lowest BCUT2D eigenvalue weighted by molar-refractivity contribution is 0.321. The molecule has 4 nitrogen and oxygen atoms in total. The van der Waals surface area contributed by atoms with Crippen molar-refractivity contribution < 1.29 is 0 Å². The van der Waals surface area contributed by atoms with Gasteiger partial charge in [-0.2, -0.15) is 0 Å². The van der Waals surface area contributed by atoms with Gasteiger partial charge in [0.05, 0.1) is 12.0 Å². The maximum Gasteiger partial charge on any atom is 0.0948 e. The number of rotatable bonds is 7. The Kier molecular flexibility index (Phi) is 3.96. The molecule has 1 heterocycles. The van der Waals surface area contributed by atoms with Gasteiger partial charge in [-0.1, -0.05) is 0 Å². The molecule has 2 rings (SSSR count). The van der Waals surface area contributed by atoms with Crippen molar-refractivity contribution in [3.8, 4) is 0 Å². The van der Waals surface area contributed by atoms with Crippen molar-refractivity contribution in [2.45, 2.75) is 38.9 Å². The van der Waals surface area contributed by atoms with E-state index in [9.17, 15) is 0 Å². The molecule has 1 saturated carbocycles. The minimum Gasteiger partial charge on any atom is -0.334 e. The summed E-state index contributed by atoms with van der Waals surface area (Å²) in [6.07, 6.45) is 6.62. The van der Waals surface area contributed by atoms with Crippen molar-refractivity contribution in [1.29, 1.82) is 0 Å². The van der Waals surface area contributed by atoms with Crippen LogP contribution in [0.15, 0.2) is 12.5 Å². The van der Waals surface area contributed by atoms with Gasteiger partial charge in [-0.25, -0.2) is 4.98 Å². The summed E-state index contributed by atoms with van der Waals surface area (Å²) in [7, 11) is 2.22. The molecule has 90 valence electrons. The summed E-state index contributed by atoms with van der Waals surface area (Å²) in [5.41, 5.74) is 1.27. The second-order valence-corrected chi connectivity index (χ2v) is 4.56. The Hall–Kier alpha value is -0.870. The summed E-state index contributed by atoms with van der Waals surface area (Å²) in [6.45, 7) is 6.27. The normalized spacial score (nSPS) is 15.9. The third-order valence-corrected chi connectivity index (χ3v) is 3.26. The number of imidazole rings is 1. The van der Waals surface area contributed by atoms with Crippen molar-refractivity contribution in [2.24, 2.45) is 0 Å². The summed E-state index contributed by atoms with van der Waals surface area (Å²) < 4.78 is 2.18. The first-order valence-corrected chi connectivity index (χ1v) is 6.21. The molecular formula is C12H22N4. The molecule has 0 saturated heterocycles. The molecule has 16 heavy (non-hydrogen) atoms. The molecule has 1 N–H and O–H groups in total. The number of nitrogens with zero attached hydrogens (tertiary/aromatic N) is 3. The van der Waals surface area contributed by atoms with E-state index in [2.05, 4.69) is 33.7 Å². The third kappa shape index (κ3) is 3.06. The van der Waals surface area contributed by atoms with E-state index in [0.29, 0.717) is 0 Å². The van der Waals surface area contributed by atoms with E-state index >= 15 is 0 Å². The van der Waals surface area contributed by atoms with Crippen LogP contribution in [0.2, 0.25) is 0 Å². The van der Waals surface area contributed by atoms with Crippen molar-refractivity contribution in [3.05, 3.63) is 18.2 Å². The predicted molar refractivity (Wildman–Crippen MR) is 65.3 cm³/mol. The zero-order valence-electron chi connectivity index (χ0n) is 10.3. The topological polar surface area (TPSA) is 33.1 Å². The van der Waals surface area contributed by atoms with Gasteiger partial charge in [0, 0.05) is 38.4 Å². The van der Waals surface area contributed by atoms with E-state index in [1.54, 1.807) is 0 Å². The Balaban J connectivity index is 1.63. The lowest BCUT2D eigenvalue weighted by atomic mass is 10.4. The fourth-order valence-electron chi connectivity index (χ4n) is 1.95. The molecule has 4 heteroatoms. The van der Waals surface area contributed by atoms with Crippen LogP contribution in [0.1, 0.15) is 25.5 Å². The lowest BCUT2D eigenvalue weighted by Gasteiger charge is -2.15. The molecule has 1 aliphatic carbocycles. The SMILES string of the molecule is CCn1cncc1CNCCN(C)C1CC1. The number of hydrogen-bond donors (Lipinski definition) is 1. The van der Waals surface area contributed by atoms with Crippen molar-refractivity contribution in [2.75, 3.05) is 20.1 Å². The second kappa shape index (κ2) is 5.46. The van der Waals surface area contributed by atoms with Crippen LogP contribution in [-0.2, 0) is 13.1 Å². The van der Waals surface area contributed by atoms with Crippen LogP contribution < -0.4 is 5.32 Å². The van der Waals surface area contributed by atoms with Crippen LogP contribution in [0.5, 0.6) is 0 Å². The van der Waals surface area contributed by atoms with Crippen LogP contribution in [0.25, 0.3) is 0 Å². The van der Waals surface area contributed by atoms with Crippen LogP contribution >= 0.6 is 0 Å². The third-order valence-electron chi connectivity index (χ3n) is 3.26. The van der Waals surface area contributed by atoms with Gasteiger partial charge in [0.2, 0.25) is 0 Å². The predicted octanol–water partition coefficient (Wildman–Crippen LogP) is 1.09. The molecule has 1 aromatic heterocycles. The largest absolute Gasteiger partial charge is 0.334 e. The smallest absolute Gasteiger partial charge is 0.0948 e. The first kappa shape index (κ1) is 11.6. The highest BCUT2D eigenvalue weighted by atomic mass is 15.2. The number of likely N-dealkylation sites (N-methyl/N-ethyl adjacent to an activating group) is 1. The quantitative estimate of drug-likeness (QED) is 0.701. The molecule has 0 bridgehead atoms. The molecule has 0 aromatic carbocycles. The molecule has 0 atom stereocenters. The van der Waals surface area contributed by atoms with Crippen molar-refractivity contribution in [3.63, 3.8) is 0 Å². The van der Waals surface area contributed by atoms with E-state index in [1.807, 2.05) is 12.5 Å². The summed E-state index contributed by atoms with van der Waals surface area (Å²) in [6, 6.07) is 0.864. The van der Waals surface area contributed by atoms with Gasteiger partial charge in [0.25, 0.3) is 0 Å². The van der Waals surface area contributed by atoms with Gasteiger partial charge in [0.15, 0.2) is 0 Å². The van der Waals surface area contributed by atoms with Crippen molar-refractivity contribution >= 4 is 0 Å². The summed E-state index contributed by atoms with van der Waals surface area (Å²) in [4.78, 5) is 6.61. The standard InChI is InChI=1S/C12H22N4/c1-3-16-10-14-9-12(16)8-13-6-7-15(2)11-4-5-11/h9-11,13H,3-8H2,1-2H3. The van der Waals surface area contributed by atoms with E-state index < -0.39 is 0 Å². The molecule has 0 amide bonds. The van der Waals surface area contributed by atoms with Crippen molar-refractivity contribution in [1.82, 2.24) is 19.8 Å². The van der Waals surface area contributed by atoms with Crippen LogP contribution in [0.3, 0.4) is 0 Å². The van der Waals surface area contributed by atoms with Gasteiger partial charge in [-0.3, -0.25) is 0 Å². The zero-order chi connectivity index (χ0) is 11.4. The van der Waals surface area contributed by atoms with E-state index in [-0.39, 0.29) is 0 Å². The maximum atomic E-state index is 4.16. The van der Waals surface area contributed by atoms with Gasteiger partial charge >= 0.3 is 0 Å². The summed E-state index contributed by atoms with van der Waals surface area (Å²) in [5.74, 6) is 0. The number of hydrogen-bond acceptors (Lipinski definition) is 3. The van der Waals surface area contributed by atoms with Gasteiger partial charge in [-0.05, 0) is 26.8 Å². The molecule has 0 unspecified atom stereocenters. The number of nitrogens with one attached hydrogen (secondary N) is 1. The Bertz CT molecular complexity index is 317. The van der Waals surface area contributed by atoms with Crippen LogP contribution in [0.4, 0.5) is 0 Å². The molecule has 0 radical (unpaired) electrons. The minimum atomic E-state index is 0.864. The second-order valence-electron chi connectivity index (χ2n) is 4.56. The fourth-order valence-corrected chi connectivity index (χ4v) is 1.95. The molecule has 1 fully saturated rings. The number of aryl methyl sites for hydroxylation is 1. The molecule has 0 spiro atoms. The Morgan fingerprint density at radius 2 is 2.38 bits per heavy atom. The fraction of sp³-hybridized carbons (Fsp3) is 0.750. The maximum absolute atomic E-state index is 4.16. The van der Waals surface area contributed by atoms with Crippen LogP contribution in [-0.4, -0.2) is 40.6 Å². The molecule has 1 aliphatic rings. The summed E-state index contributed by atoms with van der Waals surface area (Å²) >= 11 is 0. The van der Waals surface area contributed by atoms with Gasteiger partial charge in [0.1, 0.15) is 0 Å². The van der Waals surface area contributed by atoms with Gasteiger partial charge in [-0.15, -0.1) is 0 Å². The number of aromatic nitrogens is 2. The molecule has 0 aliphatic heterocycles. The highest BCUT2D eigenvalue weighted by Gasteiger charge is 2.25. The van der Waals surface area contributed by atoms with Gasteiger partial charge < -0.3 is 14.8 Å². The Morgan fingerprint density at radius 3 is 3.06 bits per heavy atom. The first-order valence-electron chi connectivity index (χ1n) is 6.21. The Morgan fingerprint density at radius 1 is 1.56 bits per heavy atom. The average molecular weight is 222 g/mol. The highest BCUT2D eigenvalue weighted by Crippen LogP contribution is 2.24. The average Bonchev–Trinajstić information content (AvgIpc) is 3.04. The highest BCUT2D eigenvalue weighted by molar-refractivity contribution is 4.97. The van der Waals surface area contributed by atoms with E-state index in [0.717, 1.165) is 32.2 Å². The molecular weight excluding hydrogens is 200 g/mol. The monoisotopic (exact) mass is 222 g/mol. The van der Waals surface area contributed by atoms with Crippen LogP contribution in [0, 0.1) is 0 Å². The minimum absolute atomic E-state index is 0.864.